The highest BCUT2D eigenvalue weighted by Gasteiger charge is 2.13. The van der Waals surface area contributed by atoms with E-state index in [0.29, 0.717) is 16.1 Å². The van der Waals surface area contributed by atoms with Crippen molar-refractivity contribution in [2.75, 3.05) is 0 Å². The van der Waals surface area contributed by atoms with E-state index in [9.17, 15) is 9.90 Å². The average molecular weight is 301 g/mol. The van der Waals surface area contributed by atoms with Crippen molar-refractivity contribution in [3.63, 3.8) is 0 Å². The van der Waals surface area contributed by atoms with E-state index in [0.717, 1.165) is 12.1 Å². The van der Waals surface area contributed by atoms with Gasteiger partial charge < -0.3 is 9.52 Å². The van der Waals surface area contributed by atoms with E-state index in [1.165, 1.54) is 11.3 Å². The number of para-hydroxylation sites is 1. The van der Waals surface area contributed by atoms with E-state index >= 15 is 0 Å². The molecule has 3 rings (SSSR count). The highest BCUT2D eigenvalue weighted by atomic mass is 32.1. The summed E-state index contributed by atoms with van der Waals surface area (Å²) in [6, 6.07) is 6.70. The molecule has 0 saturated heterocycles. The summed E-state index contributed by atoms with van der Waals surface area (Å²) in [5.41, 5.74) is 0.259. The van der Waals surface area contributed by atoms with Crippen LogP contribution in [0.2, 0.25) is 0 Å². The number of hydrogen-bond acceptors (Lipinski definition) is 7. The number of aromatic hydroxyl groups is 1. The number of benzene rings is 1. The van der Waals surface area contributed by atoms with Gasteiger partial charge in [0.15, 0.2) is 5.75 Å². The molecule has 0 aliphatic heterocycles. The predicted octanol–water partition coefficient (Wildman–Crippen LogP) is 3.93. The SMILES string of the molecule is CCc1csc(N=Nc2c(O)c3ccccc3oc2=O)n1. The summed E-state index contributed by atoms with van der Waals surface area (Å²) < 4.78 is 5.10. The maximum Gasteiger partial charge on any atom is 0.368 e. The first-order chi connectivity index (χ1) is 10.2. The second kappa shape index (κ2) is 5.45. The first kappa shape index (κ1) is 13.4. The van der Waals surface area contributed by atoms with Crippen LogP contribution in [0.1, 0.15) is 12.6 Å². The topological polar surface area (TPSA) is 88.0 Å². The van der Waals surface area contributed by atoms with Crippen LogP contribution >= 0.6 is 11.3 Å². The Kier molecular flexibility index (Phi) is 3.49. The molecule has 0 aliphatic rings. The van der Waals surface area contributed by atoms with Gasteiger partial charge in [0, 0.05) is 5.38 Å². The minimum Gasteiger partial charge on any atom is -0.505 e. The van der Waals surface area contributed by atoms with Gasteiger partial charge in [0.2, 0.25) is 10.8 Å². The second-order valence-corrected chi connectivity index (χ2v) is 5.09. The van der Waals surface area contributed by atoms with Crippen LogP contribution in [0.5, 0.6) is 5.75 Å². The fourth-order valence-corrected chi connectivity index (χ4v) is 2.53. The summed E-state index contributed by atoms with van der Waals surface area (Å²) in [5.74, 6) is -0.238. The Morgan fingerprint density at radius 3 is 2.90 bits per heavy atom. The van der Waals surface area contributed by atoms with Gasteiger partial charge in [0.05, 0.1) is 11.1 Å². The minimum absolute atomic E-state index is 0.220. The van der Waals surface area contributed by atoms with Gasteiger partial charge in [0.25, 0.3) is 0 Å². The minimum atomic E-state index is -0.734. The van der Waals surface area contributed by atoms with Crippen molar-refractivity contribution >= 4 is 33.1 Å². The zero-order valence-corrected chi connectivity index (χ0v) is 11.9. The average Bonchev–Trinajstić information content (AvgIpc) is 2.95. The van der Waals surface area contributed by atoms with Gasteiger partial charge in [-0.1, -0.05) is 19.1 Å². The monoisotopic (exact) mass is 301 g/mol. The zero-order valence-electron chi connectivity index (χ0n) is 11.1. The van der Waals surface area contributed by atoms with Crippen LogP contribution in [0.15, 0.2) is 49.1 Å². The number of fused-ring (bicyclic) bond motifs is 1. The van der Waals surface area contributed by atoms with Gasteiger partial charge in [-0.15, -0.1) is 21.6 Å². The van der Waals surface area contributed by atoms with Gasteiger partial charge in [-0.2, -0.15) is 0 Å². The van der Waals surface area contributed by atoms with E-state index in [4.69, 9.17) is 4.42 Å². The van der Waals surface area contributed by atoms with Crippen molar-refractivity contribution in [3.05, 3.63) is 45.8 Å². The van der Waals surface area contributed by atoms with E-state index < -0.39 is 5.63 Å². The standard InChI is InChI=1S/C14H11N3O3S/c1-2-8-7-21-14(15-8)17-16-11-12(18)9-5-3-4-6-10(9)20-13(11)19/h3-7,18H,2H2,1H3. The van der Waals surface area contributed by atoms with Crippen LogP contribution in [0, 0.1) is 0 Å². The van der Waals surface area contributed by atoms with Crippen molar-refractivity contribution in [1.82, 2.24) is 4.98 Å². The van der Waals surface area contributed by atoms with Crippen LogP contribution in [-0.2, 0) is 6.42 Å². The van der Waals surface area contributed by atoms with Crippen LogP contribution < -0.4 is 5.63 Å². The van der Waals surface area contributed by atoms with Gasteiger partial charge in [0.1, 0.15) is 5.58 Å². The summed E-state index contributed by atoms with van der Waals surface area (Å²) >= 11 is 1.32. The molecule has 2 heterocycles. The van der Waals surface area contributed by atoms with Crippen molar-refractivity contribution < 1.29 is 9.52 Å². The molecule has 21 heavy (non-hydrogen) atoms. The quantitative estimate of drug-likeness (QED) is 0.586. The predicted molar refractivity (Wildman–Crippen MR) is 79.8 cm³/mol. The highest BCUT2D eigenvalue weighted by Crippen LogP contribution is 2.32. The molecule has 1 N–H and O–H groups in total. The van der Waals surface area contributed by atoms with E-state index in [1.807, 2.05) is 12.3 Å². The summed E-state index contributed by atoms with van der Waals surface area (Å²) in [6.07, 6.45) is 0.801. The summed E-state index contributed by atoms with van der Waals surface area (Å²) in [6.45, 7) is 1.99. The molecule has 106 valence electrons. The largest absolute Gasteiger partial charge is 0.505 e. The Hall–Kier alpha value is -2.54. The lowest BCUT2D eigenvalue weighted by molar-refractivity contribution is 0.469. The molecule has 0 atom stereocenters. The second-order valence-electron chi connectivity index (χ2n) is 4.26. The molecule has 0 bridgehead atoms. The number of nitrogens with zero attached hydrogens (tertiary/aromatic N) is 3. The third-order valence-electron chi connectivity index (χ3n) is 2.90. The zero-order chi connectivity index (χ0) is 14.8. The molecular weight excluding hydrogens is 290 g/mol. The van der Waals surface area contributed by atoms with E-state index in [2.05, 4.69) is 15.2 Å². The van der Waals surface area contributed by atoms with Crippen molar-refractivity contribution in [1.29, 1.82) is 0 Å². The maximum absolute atomic E-state index is 11.8. The lowest BCUT2D eigenvalue weighted by Gasteiger charge is -2.00. The van der Waals surface area contributed by atoms with Gasteiger partial charge in [-0.3, -0.25) is 0 Å². The molecule has 0 amide bonds. The number of hydrogen-bond donors (Lipinski definition) is 1. The Morgan fingerprint density at radius 2 is 2.14 bits per heavy atom. The first-order valence-corrected chi connectivity index (χ1v) is 7.18. The smallest absolute Gasteiger partial charge is 0.368 e. The van der Waals surface area contributed by atoms with Crippen molar-refractivity contribution in [2.24, 2.45) is 10.2 Å². The molecule has 0 aliphatic carbocycles. The van der Waals surface area contributed by atoms with Crippen LogP contribution in [-0.4, -0.2) is 10.1 Å². The molecule has 0 unspecified atom stereocenters. The Labute approximate surface area is 123 Å². The maximum atomic E-state index is 11.8. The van der Waals surface area contributed by atoms with Gasteiger partial charge in [-0.25, -0.2) is 9.78 Å². The van der Waals surface area contributed by atoms with Gasteiger partial charge >= 0.3 is 5.63 Å². The molecular formula is C14H11N3O3S. The lowest BCUT2D eigenvalue weighted by atomic mass is 10.2. The number of azo groups is 1. The molecule has 0 radical (unpaired) electrons. The molecule has 2 aromatic heterocycles. The summed E-state index contributed by atoms with van der Waals surface area (Å²) in [7, 11) is 0. The van der Waals surface area contributed by atoms with Crippen molar-refractivity contribution in [3.8, 4) is 5.75 Å². The third-order valence-corrected chi connectivity index (χ3v) is 3.67. The molecule has 6 nitrogen and oxygen atoms in total. The molecule has 1 aromatic carbocycles. The first-order valence-electron chi connectivity index (χ1n) is 6.30. The van der Waals surface area contributed by atoms with Crippen LogP contribution in [0.3, 0.4) is 0 Å². The van der Waals surface area contributed by atoms with E-state index in [1.54, 1.807) is 24.3 Å². The van der Waals surface area contributed by atoms with Crippen LogP contribution in [0.25, 0.3) is 11.0 Å². The highest BCUT2D eigenvalue weighted by molar-refractivity contribution is 7.13. The number of aromatic nitrogens is 1. The van der Waals surface area contributed by atoms with Crippen molar-refractivity contribution in [2.45, 2.75) is 13.3 Å². The summed E-state index contributed by atoms with van der Waals surface area (Å²) in [4.78, 5) is 16.0. The fraction of sp³-hybridized carbons (Fsp3) is 0.143. The number of rotatable bonds is 3. The molecule has 3 aromatic rings. The van der Waals surface area contributed by atoms with E-state index in [-0.39, 0.29) is 11.4 Å². The molecule has 7 heteroatoms. The fourth-order valence-electron chi connectivity index (χ4n) is 1.81. The lowest BCUT2D eigenvalue weighted by Crippen LogP contribution is -1.98. The Bertz CT molecular complexity index is 883. The third kappa shape index (κ3) is 2.55. The Balaban J connectivity index is 2.06. The van der Waals surface area contributed by atoms with Gasteiger partial charge in [-0.05, 0) is 18.6 Å². The molecule has 0 spiro atoms. The molecule has 0 saturated carbocycles. The summed E-state index contributed by atoms with van der Waals surface area (Å²) in [5, 5.41) is 20.5. The Morgan fingerprint density at radius 1 is 1.33 bits per heavy atom. The van der Waals surface area contributed by atoms with Crippen LogP contribution in [0.4, 0.5) is 10.8 Å². The number of aryl methyl sites for hydroxylation is 1. The number of thiazole rings is 1. The molecule has 0 fully saturated rings. The normalized spacial score (nSPS) is 11.5.